The van der Waals surface area contributed by atoms with Crippen molar-refractivity contribution in [1.29, 1.82) is 0 Å². The van der Waals surface area contributed by atoms with E-state index >= 15 is 0 Å². The van der Waals surface area contributed by atoms with Crippen molar-refractivity contribution < 1.29 is 0 Å². The number of hydrogen-bond acceptors (Lipinski definition) is 1. The third-order valence-electron chi connectivity index (χ3n) is 3.85. The van der Waals surface area contributed by atoms with E-state index in [1.54, 1.807) is 0 Å². The van der Waals surface area contributed by atoms with Crippen molar-refractivity contribution in [3.8, 4) is 0 Å². The van der Waals surface area contributed by atoms with Crippen LogP contribution in [0.4, 0.5) is 0 Å². The minimum Gasteiger partial charge on any atom is -0.372 e. The van der Waals surface area contributed by atoms with Crippen LogP contribution in [0.25, 0.3) is 0 Å². The zero-order valence-electron chi connectivity index (χ0n) is 10.8. The van der Waals surface area contributed by atoms with E-state index in [9.17, 15) is 0 Å². The minimum absolute atomic E-state index is 1.06. The molecule has 0 spiro atoms. The molecule has 0 bridgehead atoms. The van der Waals surface area contributed by atoms with Crippen molar-refractivity contribution >= 4 is 0 Å². The molecule has 1 radical (unpaired) electrons. The van der Waals surface area contributed by atoms with Gasteiger partial charge in [0.05, 0.1) is 0 Å². The second kappa shape index (κ2) is 5.43. The lowest BCUT2D eigenvalue weighted by Gasteiger charge is -2.31. The fourth-order valence-corrected chi connectivity index (χ4v) is 2.79. The van der Waals surface area contributed by atoms with Gasteiger partial charge in [-0.25, -0.2) is 0 Å². The monoisotopic (exact) mass is 238 g/mol. The highest BCUT2D eigenvalue weighted by Crippen LogP contribution is 2.27. The van der Waals surface area contributed by atoms with Crippen molar-refractivity contribution in [1.82, 2.24) is 4.90 Å². The standard InChI is InChI=1S/C17H20N/c1-3-7-15(8-4-1)16-9-11-17(12-10-16)18-13-5-2-6-14-18/h1,3-4,7-9,11-12H,2,5-6,10,13-14H2. The molecule has 93 valence electrons. The van der Waals surface area contributed by atoms with E-state index in [1.807, 2.05) is 0 Å². The molecule has 1 saturated heterocycles. The van der Waals surface area contributed by atoms with E-state index in [1.165, 1.54) is 49.5 Å². The zero-order valence-corrected chi connectivity index (χ0v) is 10.8. The van der Waals surface area contributed by atoms with Gasteiger partial charge < -0.3 is 4.90 Å². The van der Waals surface area contributed by atoms with Crippen LogP contribution in [0.3, 0.4) is 0 Å². The molecular formula is C17H20N. The molecule has 1 heteroatoms. The van der Waals surface area contributed by atoms with Gasteiger partial charge in [0.1, 0.15) is 0 Å². The summed E-state index contributed by atoms with van der Waals surface area (Å²) in [7, 11) is 0. The van der Waals surface area contributed by atoms with Crippen LogP contribution in [0.15, 0.2) is 54.3 Å². The lowest BCUT2D eigenvalue weighted by Crippen LogP contribution is -2.29. The maximum Gasteiger partial charge on any atom is 0.0323 e. The van der Waals surface area contributed by atoms with Crippen LogP contribution >= 0.6 is 0 Å². The summed E-state index contributed by atoms with van der Waals surface area (Å²) < 4.78 is 0. The Balaban J connectivity index is 1.67. The molecule has 0 saturated carbocycles. The van der Waals surface area contributed by atoms with Gasteiger partial charge in [-0.3, -0.25) is 0 Å². The fourth-order valence-electron chi connectivity index (χ4n) is 2.79. The Hall–Kier alpha value is -1.50. The van der Waals surface area contributed by atoms with E-state index in [2.05, 4.69) is 53.5 Å². The first kappa shape index (κ1) is 11.6. The van der Waals surface area contributed by atoms with Gasteiger partial charge in [0.2, 0.25) is 0 Å². The second-order valence-electron chi connectivity index (χ2n) is 5.11. The summed E-state index contributed by atoms with van der Waals surface area (Å²) in [6.07, 6.45) is 12.1. The van der Waals surface area contributed by atoms with Crippen LogP contribution < -0.4 is 0 Å². The topological polar surface area (TPSA) is 3.24 Å². The van der Waals surface area contributed by atoms with Crippen molar-refractivity contribution in [3.05, 3.63) is 65.7 Å². The highest BCUT2D eigenvalue weighted by molar-refractivity contribution is 5.43. The average Bonchev–Trinajstić information content (AvgIpc) is 2.49. The van der Waals surface area contributed by atoms with E-state index in [0.29, 0.717) is 0 Å². The van der Waals surface area contributed by atoms with Crippen molar-refractivity contribution in [3.63, 3.8) is 0 Å². The summed E-state index contributed by atoms with van der Waals surface area (Å²) in [6, 6.07) is 10.7. The molecule has 3 rings (SSSR count). The quantitative estimate of drug-likeness (QED) is 0.754. The van der Waals surface area contributed by atoms with Crippen molar-refractivity contribution in [2.45, 2.75) is 25.7 Å². The fraction of sp³-hybridized carbons (Fsp3) is 0.353. The number of allylic oxidation sites excluding steroid dienone is 3. The lowest BCUT2D eigenvalue weighted by atomic mass is 9.91. The smallest absolute Gasteiger partial charge is 0.0323 e. The maximum absolute atomic E-state index is 2.53. The molecule has 1 fully saturated rings. The Bertz CT molecular complexity index is 438. The predicted octanol–water partition coefficient (Wildman–Crippen LogP) is 3.94. The van der Waals surface area contributed by atoms with Gasteiger partial charge >= 0.3 is 0 Å². The van der Waals surface area contributed by atoms with E-state index in [4.69, 9.17) is 0 Å². The van der Waals surface area contributed by atoms with Crippen molar-refractivity contribution in [2.75, 3.05) is 13.1 Å². The number of nitrogens with zero attached hydrogens (tertiary/aromatic N) is 1. The molecule has 18 heavy (non-hydrogen) atoms. The summed E-state index contributed by atoms with van der Waals surface area (Å²) >= 11 is 0. The van der Waals surface area contributed by atoms with E-state index in [0.717, 1.165) is 6.42 Å². The molecule has 0 aromatic heterocycles. The summed E-state index contributed by atoms with van der Waals surface area (Å²) in [5, 5.41) is 0. The summed E-state index contributed by atoms with van der Waals surface area (Å²) in [4.78, 5) is 2.53. The van der Waals surface area contributed by atoms with Gasteiger partial charge in [-0.2, -0.15) is 0 Å². The van der Waals surface area contributed by atoms with Crippen LogP contribution in [0.1, 0.15) is 31.2 Å². The Morgan fingerprint density at radius 3 is 2.28 bits per heavy atom. The highest BCUT2D eigenvalue weighted by Gasteiger charge is 2.16. The molecule has 1 nitrogen and oxygen atoms in total. The maximum atomic E-state index is 2.53. The molecule has 0 atom stereocenters. The first-order valence-corrected chi connectivity index (χ1v) is 6.98. The summed E-state index contributed by atoms with van der Waals surface area (Å²) in [6.45, 7) is 2.47. The van der Waals surface area contributed by atoms with Gasteiger partial charge in [-0.15, -0.1) is 0 Å². The van der Waals surface area contributed by atoms with Crippen molar-refractivity contribution in [2.24, 2.45) is 0 Å². The Labute approximate surface area is 110 Å². The number of likely N-dealkylation sites (tertiary alicyclic amines) is 1. The summed E-state index contributed by atoms with van der Waals surface area (Å²) in [5.41, 5.74) is 2.78. The number of piperidine rings is 1. The number of rotatable bonds is 2. The first-order valence-electron chi connectivity index (χ1n) is 6.98. The van der Waals surface area contributed by atoms with Crippen LogP contribution in [-0.2, 0) is 0 Å². The molecule has 0 N–H and O–H groups in total. The van der Waals surface area contributed by atoms with Crippen LogP contribution in [0.2, 0.25) is 0 Å². The lowest BCUT2D eigenvalue weighted by molar-refractivity contribution is 0.292. The molecule has 2 aliphatic rings. The Morgan fingerprint density at radius 2 is 1.61 bits per heavy atom. The normalized spacial score (nSPS) is 20.9. The molecular weight excluding hydrogens is 218 g/mol. The molecule has 1 heterocycles. The van der Waals surface area contributed by atoms with Crippen LogP contribution in [-0.4, -0.2) is 18.0 Å². The van der Waals surface area contributed by atoms with E-state index in [-0.39, 0.29) is 0 Å². The third-order valence-corrected chi connectivity index (χ3v) is 3.85. The molecule has 1 aliphatic heterocycles. The molecule has 1 aromatic carbocycles. The minimum atomic E-state index is 1.06. The van der Waals surface area contributed by atoms with Gasteiger partial charge in [0.25, 0.3) is 0 Å². The second-order valence-corrected chi connectivity index (χ2v) is 5.11. The molecule has 1 aliphatic carbocycles. The third kappa shape index (κ3) is 2.50. The summed E-state index contributed by atoms with van der Waals surface area (Å²) in [5.74, 6) is 1.43. The van der Waals surface area contributed by atoms with Gasteiger partial charge in [-0.05, 0) is 37.3 Å². The average molecular weight is 238 g/mol. The van der Waals surface area contributed by atoms with Crippen LogP contribution in [0.5, 0.6) is 0 Å². The number of benzene rings is 1. The predicted molar refractivity (Wildman–Crippen MR) is 76.1 cm³/mol. The first-order chi connectivity index (χ1) is 8.93. The van der Waals surface area contributed by atoms with Gasteiger partial charge in [0.15, 0.2) is 0 Å². The van der Waals surface area contributed by atoms with E-state index < -0.39 is 0 Å². The Kier molecular flexibility index (Phi) is 3.49. The SMILES string of the molecule is C1=CC(N2CCCCC2)=CC[C]1c1ccccc1. The molecule has 1 aromatic rings. The van der Waals surface area contributed by atoms with Crippen LogP contribution in [0, 0.1) is 5.92 Å². The Morgan fingerprint density at radius 1 is 0.833 bits per heavy atom. The number of hydrogen-bond donors (Lipinski definition) is 0. The van der Waals surface area contributed by atoms with Gasteiger partial charge in [0, 0.05) is 24.7 Å². The molecule has 0 amide bonds. The largest absolute Gasteiger partial charge is 0.372 e. The van der Waals surface area contributed by atoms with Gasteiger partial charge in [-0.1, -0.05) is 42.5 Å². The highest BCUT2D eigenvalue weighted by atomic mass is 15.1. The zero-order chi connectivity index (χ0) is 12.2. The molecule has 0 unspecified atom stereocenters.